The van der Waals surface area contributed by atoms with Crippen LogP contribution in [0.1, 0.15) is 57.8 Å². The Morgan fingerprint density at radius 2 is 1.60 bits per heavy atom. The molecule has 2 aliphatic rings. The SMILES string of the molecule is O=C(O)CN(CC1CC1)C(=O)NC1CCCCCCC1. The van der Waals surface area contributed by atoms with Crippen molar-refractivity contribution in [3.05, 3.63) is 0 Å². The largest absolute Gasteiger partial charge is 0.480 e. The van der Waals surface area contributed by atoms with Crippen LogP contribution in [-0.2, 0) is 4.79 Å². The van der Waals surface area contributed by atoms with Crippen LogP contribution in [0.3, 0.4) is 0 Å². The summed E-state index contributed by atoms with van der Waals surface area (Å²) in [5.74, 6) is -0.420. The number of nitrogens with one attached hydrogen (secondary N) is 1. The third kappa shape index (κ3) is 5.39. The number of amides is 2. The molecule has 2 amide bonds. The summed E-state index contributed by atoms with van der Waals surface area (Å²) in [6, 6.07) is 0.0307. The molecule has 0 heterocycles. The van der Waals surface area contributed by atoms with Gasteiger partial charge in [0, 0.05) is 12.6 Å². The summed E-state index contributed by atoms with van der Waals surface area (Å²) in [4.78, 5) is 24.6. The van der Waals surface area contributed by atoms with E-state index in [1.54, 1.807) is 0 Å². The molecule has 0 saturated heterocycles. The molecule has 0 spiro atoms. The first-order valence-electron chi connectivity index (χ1n) is 7.92. The fourth-order valence-electron chi connectivity index (χ4n) is 2.86. The molecule has 20 heavy (non-hydrogen) atoms. The van der Waals surface area contributed by atoms with Crippen molar-refractivity contribution >= 4 is 12.0 Å². The molecular formula is C15H26N2O3. The Hall–Kier alpha value is -1.26. The Morgan fingerprint density at radius 3 is 2.15 bits per heavy atom. The van der Waals surface area contributed by atoms with Gasteiger partial charge in [0.25, 0.3) is 0 Å². The first-order chi connectivity index (χ1) is 9.65. The standard InChI is InChI=1S/C15H26N2O3/c18-14(19)11-17(10-12-8-9-12)15(20)16-13-6-4-2-1-3-5-7-13/h12-13H,1-11H2,(H,16,20)(H,18,19). The number of rotatable bonds is 5. The Bertz CT molecular complexity index is 334. The van der Waals surface area contributed by atoms with E-state index in [4.69, 9.17) is 5.11 Å². The fraction of sp³-hybridized carbons (Fsp3) is 0.867. The molecule has 2 saturated carbocycles. The summed E-state index contributed by atoms with van der Waals surface area (Å²) in [6.45, 7) is 0.403. The lowest BCUT2D eigenvalue weighted by molar-refractivity contribution is -0.137. The summed E-state index contributed by atoms with van der Waals surface area (Å²) < 4.78 is 0. The molecule has 0 unspecified atom stereocenters. The van der Waals surface area contributed by atoms with Crippen LogP contribution in [0.25, 0.3) is 0 Å². The second-order valence-corrected chi connectivity index (χ2v) is 6.21. The lowest BCUT2D eigenvalue weighted by atomic mass is 9.97. The number of carbonyl (C=O) groups excluding carboxylic acids is 1. The Kier molecular flexibility index (Phi) is 5.68. The van der Waals surface area contributed by atoms with Crippen molar-refractivity contribution in [3.8, 4) is 0 Å². The number of carboxylic acids is 1. The van der Waals surface area contributed by atoms with Crippen molar-refractivity contribution in [2.45, 2.75) is 63.8 Å². The van der Waals surface area contributed by atoms with Gasteiger partial charge in [-0.2, -0.15) is 0 Å². The predicted molar refractivity (Wildman–Crippen MR) is 76.6 cm³/mol. The third-order valence-corrected chi connectivity index (χ3v) is 4.22. The zero-order chi connectivity index (χ0) is 14.4. The van der Waals surface area contributed by atoms with E-state index >= 15 is 0 Å². The molecule has 0 aromatic rings. The van der Waals surface area contributed by atoms with Crippen LogP contribution >= 0.6 is 0 Å². The predicted octanol–water partition coefficient (Wildman–Crippen LogP) is 2.61. The number of aliphatic carboxylic acids is 1. The minimum atomic E-state index is -0.932. The molecule has 0 aromatic heterocycles. The highest BCUT2D eigenvalue weighted by Gasteiger charge is 2.28. The van der Waals surface area contributed by atoms with Crippen molar-refractivity contribution in [1.29, 1.82) is 0 Å². The third-order valence-electron chi connectivity index (χ3n) is 4.22. The monoisotopic (exact) mass is 282 g/mol. The minimum absolute atomic E-state index is 0.185. The van der Waals surface area contributed by atoms with Gasteiger partial charge in [0.2, 0.25) is 0 Å². The van der Waals surface area contributed by atoms with E-state index < -0.39 is 5.97 Å². The van der Waals surface area contributed by atoms with Gasteiger partial charge in [-0.3, -0.25) is 4.79 Å². The van der Waals surface area contributed by atoms with E-state index in [2.05, 4.69) is 5.32 Å². The van der Waals surface area contributed by atoms with Crippen LogP contribution in [-0.4, -0.2) is 41.1 Å². The molecule has 2 aliphatic carbocycles. The Balaban J connectivity index is 1.83. The van der Waals surface area contributed by atoms with Gasteiger partial charge in [-0.25, -0.2) is 4.79 Å². The topological polar surface area (TPSA) is 69.6 Å². The van der Waals surface area contributed by atoms with Gasteiger partial charge in [-0.1, -0.05) is 32.1 Å². The molecule has 5 nitrogen and oxygen atoms in total. The van der Waals surface area contributed by atoms with Gasteiger partial charge in [-0.15, -0.1) is 0 Å². The first-order valence-corrected chi connectivity index (χ1v) is 7.92. The maximum Gasteiger partial charge on any atom is 0.323 e. The number of nitrogens with zero attached hydrogens (tertiary/aromatic N) is 1. The van der Waals surface area contributed by atoms with Crippen LogP contribution in [0, 0.1) is 5.92 Å². The quantitative estimate of drug-likeness (QED) is 0.814. The minimum Gasteiger partial charge on any atom is -0.480 e. The van der Waals surface area contributed by atoms with Gasteiger partial charge in [0.05, 0.1) is 0 Å². The number of urea groups is 1. The molecule has 0 aromatic carbocycles. The molecule has 0 aliphatic heterocycles. The van der Waals surface area contributed by atoms with Gasteiger partial charge in [0.1, 0.15) is 6.54 Å². The zero-order valence-corrected chi connectivity index (χ0v) is 12.1. The van der Waals surface area contributed by atoms with E-state index in [0.717, 1.165) is 38.5 Å². The molecule has 2 fully saturated rings. The normalized spacial score (nSPS) is 20.8. The van der Waals surface area contributed by atoms with Gasteiger partial charge in [0.15, 0.2) is 0 Å². The Labute approximate surface area is 120 Å². The molecular weight excluding hydrogens is 256 g/mol. The van der Waals surface area contributed by atoms with E-state index in [1.165, 1.54) is 24.2 Å². The fourth-order valence-corrected chi connectivity index (χ4v) is 2.86. The smallest absolute Gasteiger partial charge is 0.323 e. The number of carboxylic acid groups (broad SMARTS) is 1. The van der Waals surface area contributed by atoms with Crippen LogP contribution in [0.2, 0.25) is 0 Å². The summed E-state index contributed by atoms with van der Waals surface area (Å²) in [5.41, 5.74) is 0. The molecule has 0 atom stereocenters. The van der Waals surface area contributed by atoms with E-state index in [1.807, 2.05) is 0 Å². The second kappa shape index (κ2) is 7.50. The Morgan fingerprint density at radius 1 is 1.00 bits per heavy atom. The molecule has 2 N–H and O–H groups in total. The lowest BCUT2D eigenvalue weighted by Crippen LogP contribution is -2.47. The zero-order valence-electron chi connectivity index (χ0n) is 12.1. The van der Waals surface area contributed by atoms with Crippen molar-refractivity contribution in [2.24, 2.45) is 5.92 Å². The van der Waals surface area contributed by atoms with Gasteiger partial charge in [-0.05, 0) is 31.6 Å². The maximum absolute atomic E-state index is 12.3. The summed E-state index contributed by atoms with van der Waals surface area (Å²) in [7, 11) is 0. The van der Waals surface area contributed by atoms with Crippen LogP contribution in [0.5, 0.6) is 0 Å². The number of carbonyl (C=O) groups is 2. The summed E-state index contributed by atoms with van der Waals surface area (Å²) >= 11 is 0. The number of hydrogen-bond acceptors (Lipinski definition) is 2. The van der Waals surface area contributed by atoms with Crippen LogP contribution in [0.15, 0.2) is 0 Å². The second-order valence-electron chi connectivity index (χ2n) is 6.21. The van der Waals surface area contributed by atoms with E-state index in [9.17, 15) is 9.59 Å². The average Bonchev–Trinajstić information content (AvgIpc) is 3.15. The first kappa shape index (κ1) is 15.1. The molecule has 0 bridgehead atoms. The summed E-state index contributed by atoms with van der Waals surface area (Å²) in [6.07, 6.45) is 10.4. The van der Waals surface area contributed by atoms with E-state index in [-0.39, 0.29) is 18.6 Å². The highest BCUT2D eigenvalue weighted by atomic mass is 16.4. The highest BCUT2D eigenvalue weighted by molar-refractivity contribution is 5.80. The number of hydrogen-bond donors (Lipinski definition) is 2. The maximum atomic E-state index is 12.3. The van der Waals surface area contributed by atoms with Crippen molar-refractivity contribution in [1.82, 2.24) is 10.2 Å². The van der Waals surface area contributed by atoms with Crippen molar-refractivity contribution < 1.29 is 14.7 Å². The summed E-state index contributed by atoms with van der Waals surface area (Å²) in [5, 5.41) is 12.0. The molecule has 5 heteroatoms. The molecule has 114 valence electrons. The van der Waals surface area contributed by atoms with E-state index in [0.29, 0.717) is 12.5 Å². The molecule has 0 radical (unpaired) electrons. The van der Waals surface area contributed by atoms with Crippen LogP contribution < -0.4 is 5.32 Å². The van der Waals surface area contributed by atoms with Crippen molar-refractivity contribution in [2.75, 3.05) is 13.1 Å². The van der Waals surface area contributed by atoms with Gasteiger partial charge < -0.3 is 15.3 Å². The van der Waals surface area contributed by atoms with Gasteiger partial charge >= 0.3 is 12.0 Å². The highest BCUT2D eigenvalue weighted by Crippen LogP contribution is 2.29. The van der Waals surface area contributed by atoms with Crippen molar-refractivity contribution in [3.63, 3.8) is 0 Å². The average molecular weight is 282 g/mol. The lowest BCUT2D eigenvalue weighted by Gasteiger charge is -2.26. The molecule has 2 rings (SSSR count). The van der Waals surface area contributed by atoms with Crippen LogP contribution in [0.4, 0.5) is 4.79 Å².